The summed E-state index contributed by atoms with van der Waals surface area (Å²) in [6.07, 6.45) is 0. The molecule has 2 atom stereocenters. The van der Waals surface area contributed by atoms with Gasteiger partial charge in [0.1, 0.15) is 0 Å². The third kappa shape index (κ3) is 3.28. The number of nitrogens with zero attached hydrogens (tertiary/aromatic N) is 1. The fraction of sp³-hybridized carbons (Fsp3) is 0.533. The summed E-state index contributed by atoms with van der Waals surface area (Å²) in [6.45, 7) is 9.97. The van der Waals surface area contributed by atoms with Crippen LogP contribution in [-0.2, 0) is 0 Å². The van der Waals surface area contributed by atoms with Gasteiger partial charge in [0.25, 0.3) is 5.91 Å². The van der Waals surface area contributed by atoms with Crippen molar-refractivity contribution in [1.82, 2.24) is 10.2 Å². The fourth-order valence-corrected chi connectivity index (χ4v) is 2.55. The zero-order chi connectivity index (χ0) is 13.3. The van der Waals surface area contributed by atoms with Gasteiger partial charge in [-0.15, -0.1) is 12.4 Å². The average Bonchev–Trinajstić information content (AvgIpc) is 2.32. The van der Waals surface area contributed by atoms with Gasteiger partial charge in [-0.05, 0) is 39.3 Å². The zero-order valence-corrected chi connectivity index (χ0v) is 12.9. The molecule has 1 saturated heterocycles. The number of benzene rings is 1. The monoisotopic (exact) mass is 282 g/mol. The molecule has 1 aliphatic rings. The Morgan fingerprint density at radius 3 is 2.63 bits per heavy atom. The van der Waals surface area contributed by atoms with Gasteiger partial charge in [-0.3, -0.25) is 4.79 Å². The van der Waals surface area contributed by atoms with Gasteiger partial charge in [-0.2, -0.15) is 0 Å². The Kier molecular flexibility index (Phi) is 5.39. The topological polar surface area (TPSA) is 32.3 Å². The first kappa shape index (κ1) is 16.0. The molecule has 2 unspecified atom stereocenters. The van der Waals surface area contributed by atoms with Crippen molar-refractivity contribution in [3.8, 4) is 0 Å². The third-order valence-corrected chi connectivity index (χ3v) is 3.91. The van der Waals surface area contributed by atoms with Crippen LogP contribution >= 0.6 is 12.4 Å². The minimum Gasteiger partial charge on any atom is -0.333 e. The molecule has 3 nitrogen and oxygen atoms in total. The van der Waals surface area contributed by atoms with Gasteiger partial charge in [0, 0.05) is 30.7 Å². The maximum absolute atomic E-state index is 12.6. The first-order valence-corrected chi connectivity index (χ1v) is 6.62. The van der Waals surface area contributed by atoms with Crippen LogP contribution in [0.15, 0.2) is 18.2 Å². The lowest BCUT2D eigenvalue weighted by molar-refractivity contribution is 0.0602. The quantitative estimate of drug-likeness (QED) is 0.859. The van der Waals surface area contributed by atoms with Gasteiger partial charge < -0.3 is 10.2 Å². The molecule has 0 spiro atoms. The Morgan fingerprint density at radius 1 is 1.32 bits per heavy atom. The number of amides is 1. The van der Waals surface area contributed by atoms with E-state index in [1.807, 2.05) is 24.0 Å². The molecule has 2 rings (SSSR count). The highest BCUT2D eigenvalue weighted by Gasteiger charge is 2.29. The van der Waals surface area contributed by atoms with Crippen molar-refractivity contribution >= 4 is 18.3 Å². The molecule has 1 aromatic carbocycles. The molecule has 1 aromatic rings. The maximum Gasteiger partial charge on any atom is 0.254 e. The van der Waals surface area contributed by atoms with Crippen LogP contribution in [0.5, 0.6) is 0 Å². The van der Waals surface area contributed by atoms with E-state index in [4.69, 9.17) is 0 Å². The number of rotatable bonds is 1. The summed E-state index contributed by atoms with van der Waals surface area (Å²) in [5, 5.41) is 3.40. The lowest BCUT2D eigenvalue weighted by Crippen LogP contribution is -2.57. The summed E-state index contributed by atoms with van der Waals surface area (Å²) in [5.41, 5.74) is 3.10. The Labute approximate surface area is 121 Å². The maximum atomic E-state index is 12.6. The molecule has 106 valence electrons. The van der Waals surface area contributed by atoms with Crippen LogP contribution in [0.3, 0.4) is 0 Å². The van der Waals surface area contributed by atoms with Crippen LogP contribution in [0.4, 0.5) is 0 Å². The standard InChI is InChI=1S/C15H22N2O.ClH/c1-10-5-6-14(11(2)9-10)15(18)17-8-7-16-12(3)13(17)4;/h5-6,9,12-13,16H,7-8H2,1-4H3;1H. The molecule has 0 radical (unpaired) electrons. The van der Waals surface area contributed by atoms with E-state index in [1.54, 1.807) is 0 Å². The van der Waals surface area contributed by atoms with Gasteiger partial charge in [0.2, 0.25) is 0 Å². The van der Waals surface area contributed by atoms with E-state index < -0.39 is 0 Å². The summed E-state index contributed by atoms with van der Waals surface area (Å²) in [5.74, 6) is 0.161. The highest BCUT2D eigenvalue weighted by molar-refractivity contribution is 5.96. The van der Waals surface area contributed by atoms with E-state index >= 15 is 0 Å². The number of hydrogen-bond acceptors (Lipinski definition) is 2. The molecule has 1 heterocycles. The van der Waals surface area contributed by atoms with Crippen molar-refractivity contribution in [1.29, 1.82) is 0 Å². The summed E-state index contributed by atoms with van der Waals surface area (Å²) in [4.78, 5) is 14.6. The lowest BCUT2D eigenvalue weighted by atomic mass is 10.0. The van der Waals surface area contributed by atoms with Crippen LogP contribution in [0.1, 0.15) is 35.3 Å². The molecule has 0 aromatic heterocycles. The Morgan fingerprint density at radius 2 is 2.00 bits per heavy atom. The van der Waals surface area contributed by atoms with Gasteiger partial charge in [0.05, 0.1) is 0 Å². The van der Waals surface area contributed by atoms with Crippen molar-refractivity contribution < 1.29 is 4.79 Å². The average molecular weight is 283 g/mol. The molecule has 4 heteroatoms. The number of piperazine rings is 1. The first-order valence-electron chi connectivity index (χ1n) is 6.62. The normalized spacial score (nSPS) is 22.8. The minimum absolute atomic E-state index is 0. The summed E-state index contributed by atoms with van der Waals surface area (Å²) >= 11 is 0. The summed E-state index contributed by atoms with van der Waals surface area (Å²) < 4.78 is 0. The molecular formula is C15H23ClN2O. The Hall–Kier alpha value is -1.06. The van der Waals surface area contributed by atoms with Crippen LogP contribution in [-0.4, -0.2) is 36.0 Å². The molecule has 1 N–H and O–H groups in total. The Balaban J connectivity index is 0.00000180. The smallest absolute Gasteiger partial charge is 0.254 e. The van der Waals surface area contributed by atoms with E-state index in [2.05, 4.69) is 32.2 Å². The van der Waals surface area contributed by atoms with Crippen molar-refractivity contribution in [3.05, 3.63) is 34.9 Å². The lowest BCUT2D eigenvalue weighted by Gasteiger charge is -2.38. The SMILES string of the molecule is Cc1ccc(C(=O)N2CCNC(C)C2C)c(C)c1.Cl. The van der Waals surface area contributed by atoms with Crippen molar-refractivity contribution in [2.45, 2.75) is 39.8 Å². The summed E-state index contributed by atoms with van der Waals surface area (Å²) in [7, 11) is 0. The molecule has 0 bridgehead atoms. The molecule has 0 saturated carbocycles. The van der Waals surface area contributed by atoms with E-state index in [0.29, 0.717) is 6.04 Å². The molecule has 1 fully saturated rings. The predicted molar refractivity (Wildman–Crippen MR) is 81.1 cm³/mol. The van der Waals surface area contributed by atoms with Crippen LogP contribution < -0.4 is 5.32 Å². The third-order valence-electron chi connectivity index (χ3n) is 3.91. The molecule has 0 aliphatic carbocycles. The number of carbonyl (C=O) groups excluding carboxylic acids is 1. The molecular weight excluding hydrogens is 260 g/mol. The molecule has 1 aliphatic heterocycles. The van der Waals surface area contributed by atoms with E-state index in [9.17, 15) is 4.79 Å². The Bertz CT molecular complexity index is 461. The van der Waals surface area contributed by atoms with Crippen LogP contribution in [0.25, 0.3) is 0 Å². The summed E-state index contributed by atoms with van der Waals surface area (Å²) in [6, 6.07) is 6.63. The number of hydrogen-bond donors (Lipinski definition) is 1. The van der Waals surface area contributed by atoms with Crippen molar-refractivity contribution in [2.75, 3.05) is 13.1 Å². The fourth-order valence-electron chi connectivity index (χ4n) is 2.55. The predicted octanol–water partition coefficient (Wildman–Crippen LogP) is 2.55. The highest BCUT2D eigenvalue weighted by Crippen LogP contribution is 2.17. The zero-order valence-electron chi connectivity index (χ0n) is 12.1. The van der Waals surface area contributed by atoms with Gasteiger partial charge in [-0.1, -0.05) is 17.7 Å². The van der Waals surface area contributed by atoms with E-state index in [1.165, 1.54) is 5.56 Å². The largest absolute Gasteiger partial charge is 0.333 e. The van der Waals surface area contributed by atoms with E-state index in [0.717, 1.165) is 24.2 Å². The number of halogens is 1. The molecule has 1 amide bonds. The number of nitrogens with one attached hydrogen (secondary N) is 1. The second-order valence-corrected chi connectivity index (χ2v) is 5.30. The van der Waals surface area contributed by atoms with Gasteiger partial charge >= 0.3 is 0 Å². The number of aryl methyl sites for hydroxylation is 2. The molecule has 19 heavy (non-hydrogen) atoms. The van der Waals surface area contributed by atoms with Crippen LogP contribution in [0, 0.1) is 13.8 Å². The van der Waals surface area contributed by atoms with E-state index in [-0.39, 0.29) is 24.4 Å². The minimum atomic E-state index is 0. The van der Waals surface area contributed by atoms with Gasteiger partial charge in [0.15, 0.2) is 0 Å². The first-order chi connectivity index (χ1) is 8.50. The number of carbonyl (C=O) groups is 1. The highest BCUT2D eigenvalue weighted by atomic mass is 35.5. The van der Waals surface area contributed by atoms with Crippen molar-refractivity contribution in [3.63, 3.8) is 0 Å². The second kappa shape index (κ2) is 6.40. The second-order valence-electron chi connectivity index (χ2n) is 5.30. The van der Waals surface area contributed by atoms with Crippen molar-refractivity contribution in [2.24, 2.45) is 0 Å². The van der Waals surface area contributed by atoms with Crippen LogP contribution in [0.2, 0.25) is 0 Å². The van der Waals surface area contributed by atoms with Gasteiger partial charge in [-0.25, -0.2) is 0 Å².